The molecule has 2 N–H and O–H groups in total. The Hall–Kier alpha value is -3.32. The van der Waals surface area contributed by atoms with Crippen LogP contribution in [0, 0.1) is 0 Å². The first-order valence-electron chi connectivity index (χ1n) is 8.59. The van der Waals surface area contributed by atoms with Crippen molar-refractivity contribution in [3.8, 4) is 11.5 Å². The normalized spacial score (nSPS) is 11.0. The Kier molecular flexibility index (Phi) is 4.99. The monoisotopic (exact) mass is 395 g/mol. The van der Waals surface area contributed by atoms with E-state index in [1.807, 2.05) is 48.5 Å². The van der Waals surface area contributed by atoms with Crippen molar-refractivity contribution in [1.82, 2.24) is 19.9 Å². The molecular weight excluding hydrogens is 378 g/mol. The molecule has 0 bridgehead atoms. The summed E-state index contributed by atoms with van der Waals surface area (Å²) < 4.78 is 10.6. The fourth-order valence-electron chi connectivity index (χ4n) is 3.00. The summed E-state index contributed by atoms with van der Waals surface area (Å²) in [6, 6.07) is 15.5. The molecule has 0 unspecified atom stereocenters. The molecule has 0 saturated carbocycles. The minimum absolute atomic E-state index is 0.130. The van der Waals surface area contributed by atoms with Gasteiger partial charge in [0.2, 0.25) is 5.28 Å². The number of imidazole rings is 1. The van der Waals surface area contributed by atoms with Crippen molar-refractivity contribution in [3.63, 3.8) is 0 Å². The number of halogens is 1. The molecule has 142 valence electrons. The third-order valence-corrected chi connectivity index (χ3v) is 4.61. The third-order valence-electron chi connectivity index (χ3n) is 4.44. The van der Waals surface area contributed by atoms with Crippen LogP contribution in [0.3, 0.4) is 0 Å². The molecule has 28 heavy (non-hydrogen) atoms. The zero-order chi connectivity index (χ0) is 19.5. The fraction of sp³-hybridized carbons (Fsp3) is 0.150. The number of aromatic nitrogens is 4. The number of H-pyrrole nitrogens is 1. The lowest BCUT2D eigenvalue weighted by molar-refractivity contribution is 0.414. The maximum atomic E-state index is 6.09. The number of methoxy groups -OCH3 is 2. The average Bonchev–Trinajstić information content (AvgIpc) is 3.20. The molecule has 2 heterocycles. The van der Waals surface area contributed by atoms with Crippen molar-refractivity contribution in [2.45, 2.75) is 6.04 Å². The minimum atomic E-state index is -0.186. The Morgan fingerprint density at radius 2 is 1.46 bits per heavy atom. The van der Waals surface area contributed by atoms with Gasteiger partial charge >= 0.3 is 0 Å². The van der Waals surface area contributed by atoms with Gasteiger partial charge in [-0.05, 0) is 47.0 Å². The largest absolute Gasteiger partial charge is 0.497 e. The highest BCUT2D eigenvalue weighted by atomic mass is 35.5. The molecule has 0 fully saturated rings. The van der Waals surface area contributed by atoms with E-state index in [1.165, 1.54) is 0 Å². The summed E-state index contributed by atoms with van der Waals surface area (Å²) in [5.74, 6) is 2.15. The van der Waals surface area contributed by atoms with Gasteiger partial charge in [0.05, 0.1) is 26.6 Å². The van der Waals surface area contributed by atoms with E-state index >= 15 is 0 Å². The summed E-state index contributed by atoms with van der Waals surface area (Å²) in [7, 11) is 3.29. The van der Waals surface area contributed by atoms with Crippen molar-refractivity contribution in [3.05, 3.63) is 71.3 Å². The van der Waals surface area contributed by atoms with E-state index in [-0.39, 0.29) is 11.3 Å². The number of anilines is 1. The molecule has 0 aliphatic carbocycles. The number of benzene rings is 2. The van der Waals surface area contributed by atoms with Gasteiger partial charge in [-0.2, -0.15) is 9.97 Å². The molecule has 2 aromatic heterocycles. The number of fused-ring (bicyclic) bond motifs is 1. The Morgan fingerprint density at radius 3 is 2.00 bits per heavy atom. The van der Waals surface area contributed by atoms with Crippen LogP contribution in [-0.4, -0.2) is 34.2 Å². The van der Waals surface area contributed by atoms with Crippen LogP contribution in [0.25, 0.3) is 11.2 Å². The molecule has 4 aromatic rings. The van der Waals surface area contributed by atoms with Crippen molar-refractivity contribution in [2.75, 3.05) is 19.5 Å². The van der Waals surface area contributed by atoms with Gasteiger partial charge < -0.3 is 19.8 Å². The SMILES string of the molecule is COc1ccc(C(Nc2nc(Cl)nc3nc[nH]c23)c2ccc(OC)cc2)cc1. The van der Waals surface area contributed by atoms with Crippen LogP contribution in [0.2, 0.25) is 5.28 Å². The number of nitrogens with zero attached hydrogens (tertiary/aromatic N) is 3. The minimum Gasteiger partial charge on any atom is -0.497 e. The van der Waals surface area contributed by atoms with Gasteiger partial charge in [0.25, 0.3) is 0 Å². The van der Waals surface area contributed by atoms with E-state index < -0.39 is 0 Å². The predicted octanol–water partition coefficient (Wildman–Crippen LogP) is 4.23. The van der Waals surface area contributed by atoms with Gasteiger partial charge in [-0.3, -0.25) is 0 Å². The summed E-state index contributed by atoms with van der Waals surface area (Å²) in [5, 5.41) is 3.60. The van der Waals surface area contributed by atoms with Crippen molar-refractivity contribution in [1.29, 1.82) is 0 Å². The lowest BCUT2D eigenvalue weighted by Crippen LogP contribution is -2.14. The highest BCUT2D eigenvalue weighted by molar-refractivity contribution is 6.28. The molecule has 0 amide bonds. The van der Waals surface area contributed by atoms with Crippen LogP contribution in [0.5, 0.6) is 11.5 Å². The van der Waals surface area contributed by atoms with Gasteiger partial charge in [0.15, 0.2) is 11.5 Å². The van der Waals surface area contributed by atoms with Crippen LogP contribution in [0.1, 0.15) is 17.2 Å². The molecule has 0 spiro atoms. The second-order valence-corrected chi connectivity index (χ2v) is 6.40. The topological polar surface area (TPSA) is 85.0 Å². The van der Waals surface area contributed by atoms with Crippen molar-refractivity contribution < 1.29 is 9.47 Å². The van der Waals surface area contributed by atoms with E-state index in [1.54, 1.807) is 20.5 Å². The quantitative estimate of drug-likeness (QED) is 0.475. The molecule has 0 aliphatic heterocycles. The highest BCUT2D eigenvalue weighted by Crippen LogP contribution is 2.31. The number of ether oxygens (including phenoxy) is 2. The molecule has 0 radical (unpaired) electrons. The van der Waals surface area contributed by atoms with Gasteiger partial charge in [-0.1, -0.05) is 24.3 Å². The van der Waals surface area contributed by atoms with Crippen LogP contribution in [-0.2, 0) is 0 Å². The number of nitrogens with one attached hydrogen (secondary N) is 2. The molecular formula is C20H18ClN5O2. The number of rotatable bonds is 6. The van der Waals surface area contributed by atoms with Gasteiger partial charge in [-0.15, -0.1) is 0 Å². The molecule has 8 heteroatoms. The fourth-order valence-corrected chi connectivity index (χ4v) is 3.16. The summed E-state index contributed by atoms with van der Waals surface area (Å²) in [6.45, 7) is 0. The molecule has 2 aromatic carbocycles. The zero-order valence-corrected chi connectivity index (χ0v) is 16.1. The molecule has 0 atom stereocenters. The molecule has 0 aliphatic rings. The second kappa shape index (κ2) is 7.74. The Balaban J connectivity index is 1.77. The zero-order valence-electron chi connectivity index (χ0n) is 15.3. The molecule has 7 nitrogen and oxygen atoms in total. The first kappa shape index (κ1) is 18.1. The van der Waals surface area contributed by atoms with Crippen LogP contribution in [0.15, 0.2) is 54.9 Å². The van der Waals surface area contributed by atoms with Crippen molar-refractivity contribution in [2.24, 2.45) is 0 Å². The first-order chi connectivity index (χ1) is 13.7. The van der Waals surface area contributed by atoms with Crippen molar-refractivity contribution >= 4 is 28.6 Å². The molecule has 4 rings (SSSR count). The lowest BCUT2D eigenvalue weighted by atomic mass is 9.98. The lowest BCUT2D eigenvalue weighted by Gasteiger charge is -2.21. The Bertz CT molecular complexity index is 1030. The Morgan fingerprint density at radius 1 is 0.893 bits per heavy atom. The van der Waals surface area contributed by atoms with Gasteiger partial charge in [0, 0.05) is 0 Å². The van der Waals surface area contributed by atoms with E-state index in [2.05, 4.69) is 25.3 Å². The summed E-state index contributed by atoms with van der Waals surface area (Å²) in [6.07, 6.45) is 1.57. The maximum absolute atomic E-state index is 6.09. The van der Waals surface area contributed by atoms with E-state index in [9.17, 15) is 0 Å². The number of hydrogen-bond donors (Lipinski definition) is 2. The van der Waals surface area contributed by atoms with Crippen LogP contribution >= 0.6 is 11.6 Å². The standard InChI is InChI=1S/C20H18ClN5O2/c1-27-14-7-3-12(4-8-14)16(13-5-9-15(28-2)10-6-13)24-19-17-18(23-11-22-17)25-20(21)26-19/h3-11,16H,1-2H3,(H2,22,23,24,25,26). The van der Waals surface area contributed by atoms with Crippen LogP contribution < -0.4 is 14.8 Å². The van der Waals surface area contributed by atoms with Gasteiger partial charge in [0.1, 0.15) is 17.0 Å². The van der Waals surface area contributed by atoms with E-state index in [4.69, 9.17) is 21.1 Å². The summed E-state index contributed by atoms with van der Waals surface area (Å²) in [4.78, 5) is 15.7. The predicted molar refractivity (Wildman–Crippen MR) is 108 cm³/mol. The highest BCUT2D eigenvalue weighted by Gasteiger charge is 2.18. The molecule has 0 saturated heterocycles. The van der Waals surface area contributed by atoms with E-state index in [0.29, 0.717) is 17.0 Å². The summed E-state index contributed by atoms with van der Waals surface area (Å²) >= 11 is 6.09. The van der Waals surface area contributed by atoms with Gasteiger partial charge in [-0.25, -0.2) is 4.98 Å². The summed E-state index contributed by atoms with van der Waals surface area (Å²) in [5.41, 5.74) is 3.27. The average molecular weight is 396 g/mol. The number of aromatic amines is 1. The maximum Gasteiger partial charge on any atom is 0.226 e. The smallest absolute Gasteiger partial charge is 0.226 e. The first-order valence-corrected chi connectivity index (χ1v) is 8.97. The second-order valence-electron chi connectivity index (χ2n) is 6.07. The Labute approximate surface area is 166 Å². The third kappa shape index (κ3) is 3.57. The van der Waals surface area contributed by atoms with E-state index in [0.717, 1.165) is 22.6 Å². The van der Waals surface area contributed by atoms with Crippen LogP contribution in [0.4, 0.5) is 5.82 Å². The number of hydrogen-bond acceptors (Lipinski definition) is 6.